The topological polar surface area (TPSA) is 60.8 Å². The van der Waals surface area contributed by atoms with Crippen molar-refractivity contribution < 1.29 is 15.0 Å². The van der Waals surface area contributed by atoms with Crippen LogP contribution in [0.3, 0.4) is 0 Å². The number of hydrogen-bond donors (Lipinski definition) is 2. The number of hydrogen-bond acceptors (Lipinski definition) is 3. The van der Waals surface area contributed by atoms with E-state index in [9.17, 15) is 9.90 Å². The highest BCUT2D eigenvalue weighted by Crippen LogP contribution is 2.38. The Kier molecular flexibility index (Phi) is 5.63. The SMILES string of the molecule is CCC(C)(C)SCc1ccccc1C1(O)CCN(C(=O)O)CC1. The lowest BCUT2D eigenvalue weighted by molar-refractivity contribution is -0.0218. The molecule has 1 aliphatic rings. The first-order chi connectivity index (χ1) is 10.8. The lowest BCUT2D eigenvalue weighted by atomic mass is 9.82. The minimum atomic E-state index is -0.917. The first-order valence-electron chi connectivity index (χ1n) is 8.20. The summed E-state index contributed by atoms with van der Waals surface area (Å²) >= 11 is 1.90. The number of likely N-dealkylation sites (tertiary alicyclic amines) is 1. The molecular weight excluding hydrogens is 310 g/mol. The van der Waals surface area contributed by atoms with E-state index >= 15 is 0 Å². The summed E-state index contributed by atoms with van der Waals surface area (Å²) in [5.41, 5.74) is 1.20. The summed E-state index contributed by atoms with van der Waals surface area (Å²) in [5, 5.41) is 20.2. The maximum absolute atomic E-state index is 11.1. The molecule has 0 atom stereocenters. The van der Waals surface area contributed by atoms with E-state index in [1.807, 2.05) is 30.0 Å². The fraction of sp³-hybridized carbons (Fsp3) is 0.611. The van der Waals surface area contributed by atoms with E-state index in [0.717, 1.165) is 23.3 Å². The quantitative estimate of drug-likeness (QED) is 0.850. The minimum Gasteiger partial charge on any atom is -0.465 e. The van der Waals surface area contributed by atoms with Gasteiger partial charge >= 0.3 is 6.09 Å². The second kappa shape index (κ2) is 7.14. The van der Waals surface area contributed by atoms with Crippen LogP contribution in [0.1, 0.15) is 51.2 Å². The zero-order valence-corrected chi connectivity index (χ0v) is 15.0. The van der Waals surface area contributed by atoms with Gasteiger partial charge < -0.3 is 15.1 Å². The highest BCUT2D eigenvalue weighted by Gasteiger charge is 2.36. The Morgan fingerprint density at radius 1 is 1.30 bits per heavy atom. The van der Waals surface area contributed by atoms with Crippen LogP contribution in [0.4, 0.5) is 4.79 Å². The van der Waals surface area contributed by atoms with Crippen molar-refractivity contribution in [2.24, 2.45) is 0 Å². The van der Waals surface area contributed by atoms with Gasteiger partial charge in [0.2, 0.25) is 0 Å². The monoisotopic (exact) mass is 337 g/mol. The van der Waals surface area contributed by atoms with Crippen molar-refractivity contribution in [3.63, 3.8) is 0 Å². The summed E-state index contributed by atoms with van der Waals surface area (Å²) in [6.45, 7) is 7.43. The van der Waals surface area contributed by atoms with Gasteiger partial charge in [0, 0.05) is 23.6 Å². The average Bonchev–Trinajstić information content (AvgIpc) is 2.54. The van der Waals surface area contributed by atoms with Crippen LogP contribution in [-0.2, 0) is 11.4 Å². The Bertz CT molecular complexity index is 551. The number of nitrogens with zero attached hydrogens (tertiary/aromatic N) is 1. The summed E-state index contributed by atoms with van der Waals surface area (Å²) < 4.78 is 0.211. The Balaban J connectivity index is 2.15. The lowest BCUT2D eigenvalue weighted by Crippen LogP contribution is -2.45. The third-order valence-electron chi connectivity index (χ3n) is 4.85. The fourth-order valence-electron chi connectivity index (χ4n) is 2.81. The zero-order valence-electron chi connectivity index (χ0n) is 14.2. The van der Waals surface area contributed by atoms with Crippen LogP contribution in [0.2, 0.25) is 0 Å². The molecule has 0 saturated carbocycles. The number of carbonyl (C=O) groups is 1. The van der Waals surface area contributed by atoms with E-state index < -0.39 is 11.7 Å². The van der Waals surface area contributed by atoms with Gasteiger partial charge in [-0.2, -0.15) is 11.8 Å². The van der Waals surface area contributed by atoms with Crippen LogP contribution in [0, 0.1) is 0 Å². The van der Waals surface area contributed by atoms with Gasteiger partial charge in [-0.15, -0.1) is 0 Å². The summed E-state index contributed by atoms with van der Waals surface area (Å²) in [5.74, 6) is 0.863. The maximum Gasteiger partial charge on any atom is 0.407 e. The van der Waals surface area contributed by atoms with Crippen molar-refractivity contribution in [2.75, 3.05) is 13.1 Å². The van der Waals surface area contributed by atoms with Gasteiger partial charge in [0.05, 0.1) is 5.60 Å². The predicted octanol–water partition coefficient (Wildman–Crippen LogP) is 4.07. The Morgan fingerprint density at radius 2 is 1.91 bits per heavy atom. The molecule has 4 nitrogen and oxygen atoms in total. The molecule has 0 radical (unpaired) electrons. The van der Waals surface area contributed by atoms with Crippen molar-refractivity contribution >= 4 is 17.9 Å². The van der Waals surface area contributed by atoms with Crippen molar-refractivity contribution in [3.05, 3.63) is 35.4 Å². The van der Waals surface area contributed by atoms with Crippen LogP contribution in [0.15, 0.2) is 24.3 Å². The molecule has 0 aliphatic carbocycles. The number of piperidine rings is 1. The third kappa shape index (κ3) is 4.42. The molecule has 0 bridgehead atoms. The lowest BCUT2D eigenvalue weighted by Gasteiger charge is -2.38. The second-order valence-electron chi connectivity index (χ2n) is 6.86. The predicted molar refractivity (Wildman–Crippen MR) is 94.8 cm³/mol. The number of carboxylic acid groups (broad SMARTS) is 1. The number of benzene rings is 1. The van der Waals surface area contributed by atoms with E-state index in [4.69, 9.17) is 5.11 Å². The molecule has 1 heterocycles. The third-order valence-corrected chi connectivity index (χ3v) is 6.38. The fourth-order valence-corrected chi connectivity index (χ4v) is 3.81. The summed E-state index contributed by atoms with van der Waals surface area (Å²) in [6.07, 6.45) is 1.11. The molecule has 0 aromatic heterocycles. The molecule has 23 heavy (non-hydrogen) atoms. The number of rotatable bonds is 5. The average molecular weight is 337 g/mol. The molecule has 1 aromatic rings. The zero-order chi connectivity index (χ0) is 17.1. The standard InChI is InChI=1S/C18H27NO3S/c1-4-17(2,3)23-13-14-7-5-6-8-15(14)18(22)9-11-19(12-10-18)16(20)21/h5-8,22H,4,9-13H2,1-3H3,(H,20,21). The first kappa shape index (κ1) is 18.1. The normalized spacial score (nSPS) is 18.0. The van der Waals surface area contributed by atoms with Crippen LogP contribution < -0.4 is 0 Å². The molecule has 1 saturated heterocycles. The van der Waals surface area contributed by atoms with E-state index in [0.29, 0.717) is 25.9 Å². The van der Waals surface area contributed by atoms with Gasteiger partial charge in [-0.25, -0.2) is 4.79 Å². The van der Waals surface area contributed by atoms with Gasteiger partial charge in [-0.1, -0.05) is 45.0 Å². The molecular formula is C18H27NO3S. The Labute approximate surface area is 142 Å². The van der Waals surface area contributed by atoms with Gasteiger partial charge in [-0.05, 0) is 30.4 Å². The van der Waals surface area contributed by atoms with Crippen molar-refractivity contribution in [1.82, 2.24) is 4.90 Å². The molecule has 2 rings (SSSR count). The molecule has 1 fully saturated rings. The summed E-state index contributed by atoms with van der Waals surface area (Å²) in [4.78, 5) is 12.4. The van der Waals surface area contributed by atoms with E-state index in [2.05, 4.69) is 26.8 Å². The molecule has 1 aromatic carbocycles. The maximum atomic E-state index is 11.1. The second-order valence-corrected chi connectivity index (χ2v) is 8.54. The molecule has 1 aliphatic heterocycles. The molecule has 128 valence electrons. The van der Waals surface area contributed by atoms with Gasteiger partial charge in [0.1, 0.15) is 0 Å². The van der Waals surface area contributed by atoms with Crippen molar-refractivity contribution in [3.8, 4) is 0 Å². The summed E-state index contributed by atoms with van der Waals surface area (Å²) in [7, 11) is 0. The van der Waals surface area contributed by atoms with E-state index in [1.165, 1.54) is 4.90 Å². The van der Waals surface area contributed by atoms with Gasteiger partial charge in [-0.3, -0.25) is 0 Å². The van der Waals surface area contributed by atoms with Crippen LogP contribution >= 0.6 is 11.8 Å². The molecule has 5 heteroatoms. The largest absolute Gasteiger partial charge is 0.465 e. The highest BCUT2D eigenvalue weighted by molar-refractivity contribution is 7.99. The number of thioether (sulfide) groups is 1. The Morgan fingerprint density at radius 3 is 2.48 bits per heavy atom. The smallest absolute Gasteiger partial charge is 0.407 e. The van der Waals surface area contributed by atoms with Crippen LogP contribution in [0.5, 0.6) is 0 Å². The molecule has 0 unspecified atom stereocenters. The van der Waals surface area contributed by atoms with Crippen molar-refractivity contribution in [1.29, 1.82) is 0 Å². The van der Waals surface area contributed by atoms with Crippen LogP contribution in [0.25, 0.3) is 0 Å². The number of amides is 1. The Hall–Kier alpha value is -1.20. The van der Waals surface area contributed by atoms with Crippen molar-refractivity contribution in [2.45, 2.75) is 56.1 Å². The van der Waals surface area contributed by atoms with Gasteiger partial charge in [0.15, 0.2) is 0 Å². The first-order valence-corrected chi connectivity index (χ1v) is 9.18. The molecule has 0 spiro atoms. The van der Waals surface area contributed by atoms with Gasteiger partial charge in [0.25, 0.3) is 0 Å². The molecule has 2 N–H and O–H groups in total. The highest BCUT2D eigenvalue weighted by atomic mass is 32.2. The minimum absolute atomic E-state index is 0.211. The van der Waals surface area contributed by atoms with E-state index in [1.54, 1.807) is 0 Å². The molecule has 1 amide bonds. The van der Waals surface area contributed by atoms with Crippen LogP contribution in [-0.4, -0.2) is 39.0 Å². The van der Waals surface area contributed by atoms with E-state index in [-0.39, 0.29) is 4.75 Å². The number of aliphatic hydroxyl groups is 1. The summed E-state index contributed by atoms with van der Waals surface area (Å²) in [6, 6.07) is 8.03.